The molecule has 0 saturated heterocycles. The molecule has 0 aromatic rings. The molecule has 3 nitrogen and oxygen atoms in total. The quantitative estimate of drug-likeness (QED) is 0.669. The number of hydrogen-bond acceptors (Lipinski definition) is 1. The van der Waals surface area contributed by atoms with Crippen LogP contribution >= 0.6 is 0 Å². The molecule has 0 bridgehead atoms. The van der Waals surface area contributed by atoms with E-state index >= 15 is 0 Å². The van der Waals surface area contributed by atoms with Gasteiger partial charge in [0.1, 0.15) is 0 Å². The van der Waals surface area contributed by atoms with Gasteiger partial charge in [0.15, 0.2) is 0 Å². The summed E-state index contributed by atoms with van der Waals surface area (Å²) in [5.41, 5.74) is 2.17. The van der Waals surface area contributed by atoms with Crippen LogP contribution in [0.25, 0.3) is 0 Å². The minimum absolute atomic E-state index is 0.621. The van der Waals surface area contributed by atoms with Crippen LogP contribution in [0, 0.1) is 11.3 Å². The molecule has 2 N–H and O–H groups in total. The Morgan fingerprint density at radius 3 is 2.07 bits per heavy atom. The molecule has 0 radical (unpaired) electrons. The number of hydrogen-bond donors (Lipinski definition) is 2. The summed E-state index contributed by atoms with van der Waals surface area (Å²) in [6.07, 6.45) is 3.22. The first kappa shape index (κ1) is 13.0. The summed E-state index contributed by atoms with van der Waals surface area (Å²) in [4.78, 5) is 8.56. The Kier molecular flexibility index (Phi) is 4.68. The summed E-state index contributed by atoms with van der Waals surface area (Å²) in [5.74, 6) is 0.882. The Labute approximate surface area is 85.4 Å². The third-order valence-corrected chi connectivity index (χ3v) is 2.63. The van der Waals surface area contributed by atoms with E-state index in [4.69, 9.17) is 15.0 Å². The van der Waals surface area contributed by atoms with Crippen LogP contribution in [0.4, 0.5) is 4.79 Å². The first-order chi connectivity index (χ1) is 6.29. The van der Waals surface area contributed by atoms with E-state index in [9.17, 15) is 0 Å². The van der Waals surface area contributed by atoms with E-state index in [2.05, 4.69) is 33.8 Å². The van der Waals surface area contributed by atoms with Crippen molar-refractivity contribution in [1.82, 2.24) is 0 Å². The lowest BCUT2D eigenvalue weighted by atomic mass is 10.1. The van der Waals surface area contributed by atoms with E-state index in [0.29, 0.717) is 5.41 Å². The predicted octanol–water partition coefficient (Wildman–Crippen LogP) is 3.61. The predicted molar refractivity (Wildman–Crippen MR) is 56.6 cm³/mol. The second kappa shape index (κ2) is 5.03. The molecule has 82 valence electrons. The van der Waals surface area contributed by atoms with Crippen molar-refractivity contribution >= 4 is 6.16 Å². The molecule has 1 aliphatic rings. The summed E-state index contributed by atoms with van der Waals surface area (Å²) in [5, 5.41) is 13.9. The van der Waals surface area contributed by atoms with Crippen LogP contribution in [0.15, 0.2) is 11.6 Å². The van der Waals surface area contributed by atoms with Gasteiger partial charge in [0.2, 0.25) is 0 Å². The van der Waals surface area contributed by atoms with Crippen molar-refractivity contribution in [2.24, 2.45) is 11.3 Å². The Balaban J connectivity index is 0.000000364. The Hall–Kier alpha value is -0.990. The van der Waals surface area contributed by atoms with Crippen LogP contribution in [0.2, 0.25) is 0 Å². The van der Waals surface area contributed by atoms with Gasteiger partial charge >= 0.3 is 6.16 Å². The van der Waals surface area contributed by atoms with Crippen molar-refractivity contribution in [3.63, 3.8) is 0 Å². The van der Waals surface area contributed by atoms with Gasteiger partial charge in [-0.05, 0) is 31.1 Å². The number of carbonyl (C=O) groups is 1. The lowest BCUT2D eigenvalue weighted by Crippen LogP contribution is -1.87. The third-order valence-electron chi connectivity index (χ3n) is 2.63. The minimum Gasteiger partial charge on any atom is -0.450 e. The first-order valence-corrected chi connectivity index (χ1v) is 4.88. The van der Waals surface area contributed by atoms with Crippen LogP contribution in [-0.2, 0) is 0 Å². The van der Waals surface area contributed by atoms with E-state index in [0.717, 1.165) is 5.92 Å². The van der Waals surface area contributed by atoms with E-state index in [1.165, 1.54) is 12.8 Å². The van der Waals surface area contributed by atoms with Crippen molar-refractivity contribution in [2.45, 2.75) is 40.5 Å². The summed E-state index contributed by atoms with van der Waals surface area (Å²) in [6.45, 7) is 9.14. The van der Waals surface area contributed by atoms with Crippen molar-refractivity contribution < 1.29 is 15.0 Å². The normalized spacial score (nSPS) is 23.4. The van der Waals surface area contributed by atoms with Crippen molar-refractivity contribution in [1.29, 1.82) is 0 Å². The van der Waals surface area contributed by atoms with Crippen LogP contribution in [0.5, 0.6) is 0 Å². The van der Waals surface area contributed by atoms with Gasteiger partial charge in [0.25, 0.3) is 0 Å². The number of allylic oxidation sites excluding steroid dienone is 2. The second-order valence-corrected chi connectivity index (χ2v) is 4.45. The summed E-state index contributed by atoms with van der Waals surface area (Å²) in [6, 6.07) is 0. The molecule has 0 aromatic carbocycles. The molecule has 0 amide bonds. The van der Waals surface area contributed by atoms with Crippen LogP contribution in [0.3, 0.4) is 0 Å². The molecule has 14 heavy (non-hydrogen) atoms. The van der Waals surface area contributed by atoms with Crippen molar-refractivity contribution in [2.75, 3.05) is 0 Å². The van der Waals surface area contributed by atoms with Gasteiger partial charge in [-0.1, -0.05) is 32.4 Å². The average Bonchev–Trinajstić information content (AvgIpc) is 2.57. The van der Waals surface area contributed by atoms with Gasteiger partial charge in [0.05, 0.1) is 0 Å². The fraction of sp³-hybridized carbons (Fsp3) is 0.727. The molecule has 1 rings (SSSR count). The Morgan fingerprint density at radius 2 is 1.86 bits per heavy atom. The molecule has 0 spiro atoms. The highest BCUT2D eigenvalue weighted by Crippen LogP contribution is 2.52. The van der Waals surface area contributed by atoms with Gasteiger partial charge in [-0.3, -0.25) is 0 Å². The largest absolute Gasteiger partial charge is 0.503 e. The highest BCUT2D eigenvalue weighted by molar-refractivity contribution is 5.53. The van der Waals surface area contributed by atoms with Crippen LogP contribution in [0.1, 0.15) is 40.5 Å². The van der Waals surface area contributed by atoms with E-state index in [1.807, 2.05) is 0 Å². The molecule has 1 atom stereocenters. The summed E-state index contributed by atoms with van der Waals surface area (Å²) < 4.78 is 0. The van der Waals surface area contributed by atoms with Crippen molar-refractivity contribution in [3.8, 4) is 0 Å². The molecule has 1 unspecified atom stereocenters. The lowest BCUT2D eigenvalue weighted by molar-refractivity contribution is 0.137. The minimum atomic E-state index is -1.83. The molecule has 3 heteroatoms. The van der Waals surface area contributed by atoms with E-state index in [-0.39, 0.29) is 0 Å². The molecular formula is C11H20O3. The summed E-state index contributed by atoms with van der Waals surface area (Å²) in [7, 11) is 0. The van der Waals surface area contributed by atoms with Gasteiger partial charge in [-0.15, -0.1) is 0 Å². The summed E-state index contributed by atoms with van der Waals surface area (Å²) >= 11 is 0. The Bertz CT molecular complexity index is 225. The smallest absolute Gasteiger partial charge is 0.450 e. The van der Waals surface area contributed by atoms with Gasteiger partial charge in [-0.25, -0.2) is 4.79 Å². The average molecular weight is 200 g/mol. The van der Waals surface area contributed by atoms with Crippen molar-refractivity contribution in [3.05, 3.63) is 11.6 Å². The number of carboxylic acid groups (broad SMARTS) is 2. The zero-order chi connectivity index (χ0) is 11.4. The van der Waals surface area contributed by atoms with Gasteiger partial charge < -0.3 is 10.2 Å². The van der Waals surface area contributed by atoms with Crippen LogP contribution < -0.4 is 0 Å². The fourth-order valence-electron chi connectivity index (χ4n) is 1.25. The molecule has 0 aromatic heterocycles. The van der Waals surface area contributed by atoms with Gasteiger partial charge in [0, 0.05) is 0 Å². The maximum atomic E-state index is 8.56. The SMILES string of the molecule is CCC(C)=CC1CC1(C)C.O=C(O)O. The standard InChI is InChI=1S/C10H18.CH2O3/c1-5-8(2)6-9-7-10(9,3)4;2-1(3)4/h6,9H,5,7H2,1-4H3;(H2,2,3,4). The third kappa shape index (κ3) is 5.62. The van der Waals surface area contributed by atoms with E-state index in [1.54, 1.807) is 5.57 Å². The highest BCUT2D eigenvalue weighted by atomic mass is 16.6. The lowest BCUT2D eigenvalue weighted by Gasteiger charge is -1.98. The van der Waals surface area contributed by atoms with Gasteiger partial charge in [-0.2, -0.15) is 0 Å². The highest BCUT2D eigenvalue weighted by Gasteiger charge is 2.43. The molecule has 0 aliphatic heterocycles. The van der Waals surface area contributed by atoms with E-state index < -0.39 is 6.16 Å². The Morgan fingerprint density at radius 1 is 1.50 bits per heavy atom. The molecule has 1 aliphatic carbocycles. The second-order valence-electron chi connectivity index (χ2n) is 4.45. The molecular weight excluding hydrogens is 180 g/mol. The molecule has 0 heterocycles. The number of rotatable bonds is 2. The zero-order valence-electron chi connectivity index (χ0n) is 9.37. The first-order valence-electron chi connectivity index (χ1n) is 4.88. The zero-order valence-corrected chi connectivity index (χ0v) is 9.37. The fourth-order valence-corrected chi connectivity index (χ4v) is 1.25. The maximum absolute atomic E-state index is 8.56. The molecule has 1 saturated carbocycles. The van der Waals surface area contributed by atoms with Crippen LogP contribution in [-0.4, -0.2) is 16.4 Å². The molecule has 1 fully saturated rings. The topological polar surface area (TPSA) is 57.5 Å². The maximum Gasteiger partial charge on any atom is 0.503 e. The monoisotopic (exact) mass is 200 g/mol.